The molecule has 0 aliphatic carbocycles. The van der Waals surface area contributed by atoms with Crippen molar-refractivity contribution in [2.24, 2.45) is 0 Å². The van der Waals surface area contributed by atoms with Crippen LogP contribution in [0.1, 0.15) is 10.4 Å². The first-order valence-electron chi connectivity index (χ1n) is 3.14. The zero-order valence-electron chi connectivity index (χ0n) is 6.49. The van der Waals surface area contributed by atoms with E-state index in [0.717, 1.165) is 13.2 Å². The largest absolute Gasteiger partial charge is 0.478 e. The Hall–Kier alpha value is -1.42. The number of rotatable bonds is 1. The summed E-state index contributed by atoms with van der Waals surface area (Å²) in [4.78, 5) is 10.2. The molecule has 0 saturated carbocycles. The predicted molar refractivity (Wildman–Crippen MR) is 41.5 cm³/mol. The molecule has 0 radical (unpaired) electrons. The van der Waals surface area contributed by atoms with Crippen LogP contribution in [0.15, 0.2) is 24.3 Å². The van der Waals surface area contributed by atoms with E-state index >= 15 is 0 Å². The molecule has 1 rings (SSSR count). The molecular weight excluding hydrogens is 163 g/mol. The smallest absolute Gasteiger partial charge is 0.338 e. The fourth-order valence-corrected chi connectivity index (χ4v) is 0.635. The van der Waals surface area contributed by atoms with Gasteiger partial charge in [-0.05, 0) is 12.1 Å². The monoisotopic (exact) mass is 172 g/mol. The van der Waals surface area contributed by atoms with Gasteiger partial charge in [0.15, 0.2) is 0 Å². The third-order valence-corrected chi connectivity index (χ3v) is 1.10. The Kier molecular flexibility index (Phi) is 4.64. The van der Waals surface area contributed by atoms with E-state index in [-0.39, 0.29) is 5.56 Å². The first-order chi connectivity index (χ1) is 5.72. The van der Waals surface area contributed by atoms with Gasteiger partial charge in [-0.25, -0.2) is 9.18 Å². The van der Waals surface area contributed by atoms with Crippen LogP contribution in [0.5, 0.6) is 0 Å². The average Bonchev–Trinajstić information content (AvgIpc) is 2.08. The summed E-state index contributed by atoms with van der Waals surface area (Å²) in [6.07, 6.45) is 0. The van der Waals surface area contributed by atoms with Crippen molar-refractivity contribution in [1.82, 2.24) is 0 Å². The maximum Gasteiger partial charge on any atom is 0.338 e. The van der Waals surface area contributed by atoms with Crippen LogP contribution in [-0.2, 0) is 0 Å². The molecular formula is C8H9FO3. The Labute approximate surface area is 69.1 Å². The summed E-state index contributed by atoms with van der Waals surface area (Å²) in [6, 6.07) is 5.26. The molecule has 4 heteroatoms. The van der Waals surface area contributed by atoms with Gasteiger partial charge in [0, 0.05) is 7.11 Å². The van der Waals surface area contributed by atoms with Crippen LogP contribution in [0.3, 0.4) is 0 Å². The molecule has 0 aromatic heterocycles. The Bertz CT molecular complexity index is 260. The van der Waals surface area contributed by atoms with Crippen molar-refractivity contribution >= 4 is 5.97 Å². The van der Waals surface area contributed by atoms with Crippen LogP contribution in [0, 0.1) is 5.82 Å². The molecule has 0 saturated heterocycles. The molecule has 3 nitrogen and oxygen atoms in total. The zero-order valence-corrected chi connectivity index (χ0v) is 6.49. The molecule has 0 amide bonds. The first kappa shape index (κ1) is 10.6. The third kappa shape index (κ3) is 2.67. The minimum absolute atomic E-state index is 0.289. The third-order valence-electron chi connectivity index (χ3n) is 1.10. The van der Waals surface area contributed by atoms with E-state index in [1.165, 1.54) is 18.2 Å². The van der Waals surface area contributed by atoms with Gasteiger partial charge in [0.05, 0.1) is 5.56 Å². The zero-order chi connectivity index (χ0) is 9.56. The fraction of sp³-hybridized carbons (Fsp3) is 0.125. The lowest BCUT2D eigenvalue weighted by Gasteiger charge is -1.92. The van der Waals surface area contributed by atoms with E-state index in [0.29, 0.717) is 0 Å². The molecule has 0 unspecified atom stereocenters. The van der Waals surface area contributed by atoms with Crippen molar-refractivity contribution in [3.8, 4) is 0 Å². The van der Waals surface area contributed by atoms with Crippen molar-refractivity contribution in [2.45, 2.75) is 0 Å². The Morgan fingerprint density at radius 2 is 1.83 bits per heavy atom. The molecule has 0 spiro atoms. The Morgan fingerprint density at radius 3 is 2.17 bits per heavy atom. The Balaban J connectivity index is 0.000000561. The molecule has 0 aliphatic rings. The highest BCUT2D eigenvalue weighted by molar-refractivity contribution is 5.87. The molecule has 0 heterocycles. The average molecular weight is 172 g/mol. The summed E-state index contributed by atoms with van der Waals surface area (Å²) in [5, 5.41) is 15.3. The van der Waals surface area contributed by atoms with Crippen molar-refractivity contribution < 1.29 is 19.4 Å². The van der Waals surface area contributed by atoms with Crippen molar-refractivity contribution in [1.29, 1.82) is 0 Å². The van der Waals surface area contributed by atoms with E-state index in [1.54, 1.807) is 0 Å². The fourth-order valence-electron chi connectivity index (χ4n) is 0.635. The molecule has 2 N–H and O–H groups in total. The van der Waals surface area contributed by atoms with Crippen LogP contribution >= 0.6 is 0 Å². The second-order valence-corrected chi connectivity index (χ2v) is 1.78. The molecule has 0 atom stereocenters. The topological polar surface area (TPSA) is 57.5 Å². The Morgan fingerprint density at radius 1 is 1.33 bits per heavy atom. The summed E-state index contributed by atoms with van der Waals surface area (Å²) in [5.74, 6) is -1.94. The van der Waals surface area contributed by atoms with Crippen LogP contribution in [0.2, 0.25) is 0 Å². The van der Waals surface area contributed by atoms with Gasteiger partial charge in [0.2, 0.25) is 0 Å². The van der Waals surface area contributed by atoms with Crippen LogP contribution < -0.4 is 0 Å². The molecule has 12 heavy (non-hydrogen) atoms. The SMILES string of the molecule is CO.O=C(O)c1ccccc1F. The number of carbonyl (C=O) groups is 1. The molecule has 0 bridgehead atoms. The molecule has 0 aliphatic heterocycles. The maximum absolute atomic E-state index is 12.5. The second-order valence-electron chi connectivity index (χ2n) is 1.78. The van der Waals surface area contributed by atoms with Gasteiger partial charge in [0.25, 0.3) is 0 Å². The quantitative estimate of drug-likeness (QED) is 0.667. The van der Waals surface area contributed by atoms with E-state index in [2.05, 4.69) is 0 Å². The minimum atomic E-state index is -1.24. The van der Waals surface area contributed by atoms with Gasteiger partial charge in [-0.1, -0.05) is 12.1 Å². The van der Waals surface area contributed by atoms with Gasteiger partial charge in [0.1, 0.15) is 5.82 Å². The van der Waals surface area contributed by atoms with Gasteiger partial charge in [-0.2, -0.15) is 0 Å². The lowest BCUT2D eigenvalue weighted by atomic mass is 10.2. The van der Waals surface area contributed by atoms with E-state index in [4.69, 9.17) is 10.2 Å². The van der Waals surface area contributed by atoms with E-state index in [1.807, 2.05) is 0 Å². The van der Waals surface area contributed by atoms with Crippen LogP contribution in [-0.4, -0.2) is 23.3 Å². The van der Waals surface area contributed by atoms with Gasteiger partial charge >= 0.3 is 5.97 Å². The van der Waals surface area contributed by atoms with Gasteiger partial charge in [-0.3, -0.25) is 0 Å². The molecule has 1 aromatic rings. The molecule has 66 valence electrons. The number of carboxylic acid groups (broad SMARTS) is 1. The minimum Gasteiger partial charge on any atom is -0.478 e. The number of carboxylic acids is 1. The number of aliphatic hydroxyl groups is 1. The van der Waals surface area contributed by atoms with E-state index < -0.39 is 11.8 Å². The number of hydrogen-bond acceptors (Lipinski definition) is 2. The van der Waals surface area contributed by atoms with Crippen LogP contribution in [0.25, 0.3) is 0 Å². The number of benzene rings is 1. The molecule has 1 aromatic carbocycles. The highest BCUT2D eigenvalue weighted by atomic mass is 19.1. The lowest BCUT2D eigenvalue weighted by Crippen LogP contribution is -1.98. The van der Waals surface area contributed by atoms with Gasteiger partial charge in [-0.15, -0.1) is 0 Å². The summed E-state index contributed by atoms with van der Waals surface area (Å²) in [6.45, 7) is 0. The summed E-state index contributed by atoms with van der Waals surface area (Å²) >= 11 is 0. The van der Waals surface area contributed by atoms with Crippen LogP contribution in [0.4, 0.5) is 4.39 Å². The van der Waals surface area contributed by atoms with E-state index in [9.17, 15) is 9.18 Å². The molecule has 0 fully saturated rings. The summed E-state index contributed by atoms with van der Waals surface area (Å²) < 4.78 is 12.5. The maximum atomic E-state index is 12.5. The van der Waals surface area contributed by atoms with Crippen molar-refractivity contribution in [3.05, 3.63) is 35.6 Å². The normalized spacial score (nSPS) is 8.25. The summed E-state index contributed by atoms with van der Waals surface area (Å²) in [7, 11) is 1.00. The lowest BCUT2D eigenvalue weighted by molar-refractivity contribution is 0.0692. The first-order valence-corrected chi connectivity index (χ1v) is 3.14. The number of hydrogen-bond donors (Lipinski definition) is 2. The number of halogens is 1. The van der Waals surface area contributed by atoms with Crippen molar-refractivity contribution in [2.75, 3.05) is 7.11 Å². The number of aromatic carboxylic acids is 1. The predicted octanol–water partition coefficient (Wildman–Crippen LogP) is 1.13. The summed E-state index contributed by atoms with van der Waals surface area (Å²) in [5.41, 5.74) is -0.289. The standard InChI is InChI=1S/C7H5FO2.CH4O/c8-6-4-2-1-3-5(6)7(9)10;1-2/h1-4H,(H,9,10);2H,1H3. The van der Waals surface area contributed by atoms with Gasteiger partial charge < -0.3 is 10.2 Å². The second kappa shape index (κ2) is 5.26. The number of aliphatic hydroxyl groups excluding tert-OH is 1. The highest BCUT2D eigenvalue weighted by Crippen LogP contribution is 2.04. The highest BCUT2D eigenvalue weighted by Gasteiger charge is 2.06. The van der Waals surface area contributed by atoms with Crippen molar-refractivity contribution in [3.63, 3.8) is 0 Å².